The number of aromatic nitrogens is 1. The Labute approximate surface area is 201 Å². The van der Waals surface area contributed by atoms with Crippen LogP contribution in [0.1, 0.15) is 35.2 Å². The zero-order valence-electron chi connectivity index (χ0n) is 18.9. The molecule has 2 aliphatic rings. The first-order valence-electron chi connectivity index (χ1n) is 11.5. The van der Waals surface area contributed by atoms with Crippen molar-refractivity contribution >= 4 is 28.5 Å². The number of nitrogens with zero attached hydrogens (tertiary/aromatic N) is 1. The van der Waals surface area contributed by atoms with Crippen molar-refractivity contribution in [2.75, 3.05) is 6.61 Å². The summed E-state index contributed by atoms with van der Waals surface area (Å²) in [5.74, 6) is -1.02. The van der Waals surface area contributed by atoms with Gasteiger partial charge in [-0.25, -0.2) is 0 Å². The molecular weight excluding hydrogens is 450 g/mol. The Balaban J connectivity index is 1.40. The van der Waals surface area contributed by atoms with Crippen LogP contribution in [0.5, 0.6) is 5.75 Å². The van der Waals surface area contributed by atoms with Gasteiger partial charge < -0.3 is 25.7 Å². The van der Waals surface area contributed by atoms with Crippen LogP contribution >= 0.6 is 0 Å². The molecule has 1 aliphatic carbocycles. The third-order valence-electron chi connectivity index (χ3n) is 6.87. The Bertz CT molecular complexity index is 1310. The predicted molar refractivity (Wildman–Crippen MR) is 125 cm³/mol. The van der Waals surface area contributed by atoms with E-state index < -0.39 is 23.4 Å². The molecular formula is C26H25N3O6. The molecule has 1 aliphatic heterocycles. The smallest absolute Gasteiger partial charge is 0.251 e. The number of aromatic hydroxyl groups is 1. The molecule has 2 amide bonds. The van der Waals surface area contributed by atoms with Gasteiger partial charge in [0.05, 0.1) is 6.10 Å². The third-order valence-corrected chi connectivity index (χ3v) is 6.87. The van der Waals surface area contributed by atoms with Crippen LogP contribution in [0, 0.1) is 5.21 Å². The summed E-state index contributed by atoms with van der Waals surface area (Å²) in [5, 5.41) is 27.8. The van der Waals surface area contributed by atoms with Crippen LogP contribution in [0.4, 0.5) is 0 Å². The van der Waals surface area contributed by atoms with Crippen molar-refractivity contribution < 1.29 is 29.0 Å². The number of carbonyl (C=O) groups excluding carboxylic acids is 3. The van der Waals surface area contributed by atoms with Crippen molar-refractivity contribution in [2.45, 2.75) is 43.4 Å². The van der Waals surface area contributed by atoms with Crippen molar-refractivity contribution in [1.82, 2.24) is 10.6 Å². The van der Waals surface area contributed by atoms with Gasteiger partial charge in [-0.1, -0.05) is 12.1 Å². The van der Waals surface area contributed by atoms with E-state index in [0.29, 0.717) is 29.3 Å². The topological polar surface area (TPSA) is 132 Å². The number of hydrogen-bond donors (Lipinski definition) is 3. The summed E-state index contributed by atoms with van der Waals surface area (Å²) in [6, 6.07) is 13.4. The fourth-order valence-electron chi connectivity index (χ4n) is 5.00. The number of ketones is 1. The summed E-state index contributed by atoms with van der Waals surface area (Å²) < 4.78 is 6.32. The van der Waals surface area contributed by atoms with Gasteiger partial charge in [0.2, 0.25) is 11.4 Å². The van der Waals surface area contributed by atoms with Crippen LogP contribution in [0.25, 0.3) is 10.9 Å². The first-order chi connectivity index (χ1) is 16.9. The van der Waals surface area contributed by atoms with Gasteiger partial charge in [0.15, 0.2) is 12.0 Å². The fourth-order valence-corrected chi connectivity index (χ4v) is 5.00. The zero-order chi connectivity index (χ0) is 24.6. The van der Waals surface area contributed by atoms with Crippen molar-refractivity contribution in [3.8, 4) is 5.75 Å². The molecule has 0 unspecified atom stereocenters. The quantitative estimate of drug-likeness (QED) is 0.366. The number of fused-ring (bicyclic) bond motifs is 2. The van der Waals surface area contributed by atoms with Gasteiger partial charge in [-0.3, -0.25) is 14.4 Å². The van der Waals surface area contributed by atoms with E-state index in [1.807, 2.05) is 0 Å². The Morgan fingerprint density at radius 1 is 1.20 bits per heavy atom. The summed E-state index contributed by atoms with van der Waals surface area (Å²) in [7, 11) is 0. The minimum Gasteiger partial charge on any atom is -0.618 e. The highest BCUT2D eigenvalue weighted by atomic mass is 16.5. The summed E-state index contributed by atoms with van der Waals surface area (Å²) in [6.07, 6.45) is 3.14. The van der Waals surface area contributed by atoms with Crippen LogP contribution in [-0.4, -0.2) is 47.0 Å². The summed E-state index contributed by atoms with van der Waals surface area (Å²) in [6.45, 7) is -0.0310. The highest BCUT2D eigenvalue weighted by Gasteiger charge is 2.55. The number of benzene rings is 2. The largest absolute Gasteiger partial charge is 0.618 e. The lowest BCUT2D eigenvalue weighted by atomic mass is 9.91. The predicted octanol–water partition coefficient (Wildman–Crippen LogP) is 1.53. The van der Waals surface area contributed by atoms with Crippen LogP contribution < -0.4 is 15.4 Å². The minimum atomic E-state index is -1.06. The van der Waals surface area contributed by atoms with E-state index in [4.69, 9.17) is 4.74 Å². The lowest BCUT2D eigenvalue weighted by Gasteiger charge is -2.30. The third kappa shape index (κ3) is 4.30. The van der Waals surface area contributed by atoms with Gasteiger partial charge in [-0.05, 0) is 55.2 Å². The van der Waals surface area contributed by atoms with E-state index >= 15 is 0 Å². The number of pyridine rings is 1. The van der Waals surface area contributed by atoms with E-state index in [1.54, 1.807) is 36.4 Å². The minimum absolute atomic E-state index is 0.0310. The van der Waals surface area contributed by atoms with Gasteiger partial charge in [-0.15, -0.1) is 0 Å². The van der Waals surface area contributed by atoms with Crippen LogP contribution in [0.15, 0.2) is 60.8 Å². The molecule has 9 nitrogen and oxygen atoms in total. The SMILES string of the molecule is O=C(N[C@@H](Cc1ccc(O)cc1)C(=O)N[C@]12CCC[C@H]1OCC2=O)c1ccc2c(ccc[n+]2[O-])c1. The van der Waals surface area contributed by atoms with Crippen LogP contribution in [0.2, 0.25) is 0 Å². The maximum Gasteiger partial charge on any atom is 0.251 e. The van der Waals surface area contributed by atoms with Gasteiger partial charge in [0, 0.05) is 29.5 Å². The maximum absolute atomic E-state index is 13.4. The zero-order valence-corrected chi connectivity index (χ0v) is 18.9. The first kappa shape index (κ1) is 22.8. The molecule has 9 heteroatoms. The van der Waals surface area contributed by atoms with E-state index in [1.165, 1.54) is 24.4 Å². The average Bonchev–Trinajstić information content (AvgIpc) is 3.39. The second-order valence-electron chi connectivity index (χ2n) is 9.08. The van der Waals surface area contributed by atoms with E-state index in [2.05, 4.69) is 10.6 Å². The first-order valence-corrected chi connectivity index (χ1v) is 11.5. The van der Waals surface area contributed by atoms with Gasteiger partial charge in [0.1, 0.15) is 23.9 Å². The normalized spacial score (nSPS) is 22.1. The molecule has 35 heavy (non-hydrogen) atoms. The number of hydrogen-bond acceptors (Lipinski definition) is 6. The molecule has 0 radical (unpaired) electrons. The second-order valence-corrected chi connectivity index (χ2v) is 9.08. The average molecular weight is 476 g/mol. The lowest BCUT2D eigenvalue weighted by molar-refractivity contribution is -0.577. The molecule has 0 bridgehead atoms. The molecule has 1 saturated heterocycles. The molecule has 5 rings (SSSR count). The molecule has 3 aromatic rings. The van der Waals surface area contributed by atoms with Crippen molar-refractivity contribution in [1.29, 1.82) is 0 Å². The number of rotatable bonds is 6. The molecule has 2 fully saturated rings. The summed E-state index contributed by atoms with van der Waals surface area (Å²) >= 11 is 0. The van der Waals surface area contributed by atoms with Crippen molar-refractivity contribution in [3.05, 3.63) is 77.1 Å². The van der Waals surface area contributed by atoms with E-state index in [0.717, 1.165) is 16.7 Å². The fraction of sp³-hybridized carbons (Fsp3) is 0.308. The molecule has 1 saturated carbocycles. The number of amides is 2. The summed E-state index contributed by atoms with van der Waals surface area (Å²) in [5.41, 5.74) is 0.390. The highest BCUT2D eigenvalue weighted by molar-refractivity contribution is 6.01. The molecule has 2 heterocycles. The maximum atomic E-state index is 13.4. The Kier molecular flexibility index (Phi) is 5.86. The molecule has 2 aromatic carbocycles. The van der Waals surface area contributed by atoms with Gasteiger partial charge in [0.25, 0.3) is 5.91 Å². The molecule has 1 aromatic heterocycles. The Morgan fingerprint density at radius 3 is 2.80 bits per heavy atom. The van der Waals surface area contributed by atoms with Crippen molar-refractivity contribution in [3.63, 3.8) is 0 Å². The second kappa shape index (κ2) is 8.99. The Hall–Kier alpha value is -3.98. The monoisotopic (exact) mass is 475 g/mol. The number of Topliss-reactive ketones (excluding diaryl/α,β-unsaturated/α-hetero) is 1. The number of carbonyl (C=O) groups is 3. The standard InChI is InChI=1S/C26H25N3O6/c30-19-8-5-16(6-9-19)13-20(25(33)28-26-11-1-4-23(26)35-15-22(26)31)27-24(32)18-7-10-21-17(14-18)3-2-12-29(21)34/h2-3,5-10,12,14,20,23,30H,1,4,11,13,15H2,(H,27,32)(H,28,33)/t20-,23+,26-/m0/s1. The Morgan fingerprint density at radius 2 is 2.00 bits per heavy atom. The summed E-state index contributed by atoms with van der Waals surface area (Å²) in [4.78, 5) is 39.2. The lowest BCUT2D eigenvalue weighted by Crippen LogP contribution is -2.60. The molecule has 0 spiro atoms. The van der Waals surface area contributed by atoms with Gasteiger partial charge >= 0.3 is 0 Å². The number of ether oxygens (including phenoxy) is 1. The number of phenols is 1. The van der Waals surface area contributed by atoms with E-state index in [9.17, 15) is 24.7 Å². The molecule has 3 N–H and O–H groups in total. The highest BCUT2D eigenvalue weighted by Crippen LogP contribution is 2.37. The van der Waals surface area contributed by atoms with Gasteiger partial charge in [-0.2, -0.15) is 4.73 Å². The van der Waals surface area contributed by atoms with E-state index in [-0.39, 0.29) is 30.7 Å². The van der Waals surface area contributed by atoms with Crippen LogP contribution in [0.3, 0.4) is 0 Å². The molecule has 180 valence electrons. The van der Waals surface area contributed by atoms with Crippen molar-refractivity contribution in [2.24, 2.45) is 0 Å². The van der Waals surface area contributed by atoms with Crippen LogP contribution in [-0.2, 0) is 20.7 Å². The number of phenolic OH excluding ortho intramolecular Hbond substituents is 1. The molecule has 3 atom stereocenters. The number of nitrogens with one attached hydrogen (secondary N) is 2.